The molecular formula is C12H12N2O4S. The molecule has 0 amide bonds. The second-order valence-electron chi connectivity index (χ2n) is 3.58. The third kappa shape index (κ3) is 3.96. The van der Waals surface area contributed by atoms with Gasteiger partial charge in [0.2, 0.25) is 0 Å². The normalized spacial score (nSPS) is 9.74. The highest BCUT2D eigenvalue weighted by atomic mass is 32.2. The molecule has 19 heavy (non-hydrogen) atoms. The number of nitrogens with zero attached hydrogens (tertiary/aromatic N) is 1. The van der Waals surface area contributed by atoms with E-state index in [9.17, 15) is 14.4 Å². The van der Waals surface area contributed by atoms with Crippen LogP contribution in [0.2, 0.25) is 0 Å². The Labute approximate surface area is 113 Å². The van der Waals surface area contributed by atoms with E-state index in [0.29, 0.717) is 0 Å². The number of hydrogen-bond acceptors (Lipinski definition) is 6. The number of nitriles is 1. The summed E-state index contributed by atoms with van der Waals surface area (Å²) in [6, 6.07) is 3.05. The van der Waals surface area contributed by atoms with Crippen LogP contribution in [0.1, 0.15) is 29.8 Å². The molecule has 1 heterocycles. The summed E-state index contributed by atoms with van der Waals surface area (Å²) in [6.45, 7) is 3.17. The van der Waals surface area contributed by atoms with Crippen molar-refractivity contribution in [2.75, 3.05) is 12.4 Å². The molecule has 7 heteroatoms. The van der Waals surface area contributed by atoms with Crippen molar-refractivity contribution in [3.8, 4) is 6.07 Å². The Morgan fingerprint density at radius 2 is 2.21 bits per heavy atom. The van der Waals surface area contributed by atoms with Gasteiger partial charge in [0.05, 0.1) is 22.9 Å². The van der Waals surface area contributed by atoms with Gasteiger partial charge in [0, 0.05) is 0 Å². The molecule has 1 aromatic rings. The molecule has 0 aliphatic carbocycles. The second kappa shape index (κ2) is 6.75. The van der Waals surface area contributed by atoms with E-state index in [0.717, 1.165) is 11.8 Å². The number of hydrogen-bond donors (Lipinski definition) is 1. The molecule has 0 radical (unpaired) electrons. The Morgan fingerprint density at radius 1 is 1.53 bits per heavy atom. The molecule has 0 bridgehead atoms. The lowest BCUT2D eigenvalue weighted by Crippen LogP contribution is -2.21. The van der Waals surface area contributed by atoms with Crippen molar-refractivity contribution in [1.29, 1.82) is 5.26 Å². The van der Waals surface area contributed by atoms with Crippen molar-refractivity contribution in [3.63, 3.8) is 0 Å². The van der Waals surface area contributed by atoms with Gasteiger partial charge in [-0.1, -0.05) is 11.8 Å². The smallest absolute Gasteiger partial charge is 0.343 e. The van der Waals surface area contributed by atoms with Crippen molar-refractivity contribution in [1.82, 2.24) is 4.98 Å². The summed E-state index contributed by atoms with van der Waals surface area (Å²) in [4.78, 5) is 36.5. The van der Waals surface area contributed by atoms with Crippen LogP contribution in [0, 0.1) is 11.3 Å². The Bertz CT molecular complexity index is 601. The lowest BCUT2D eigenvalue weighted by atomic mass is 10.2. The summed E-state index contributed by atoms with van der Waals surface area (Å²) in [6.07, 6.45) is 0. The summed E-state index contributed by atoms with van der Waals surface area (Å²) < 4.78 is 4.72. The Morgan fingerprint density at radius 3 is 2.74 bits per heavy atom. The largest absolute Gasteiger partial charge is 0.462 e. The molecule has 1 N–H and O–H groups in total. The van der Waals surface area contributed by atoms with Crippen molar-refractivity contribution in [2.24, 2.45) is 0 Å². The number of nitrogens with one attached hydrogen (secondary N) is 1. The minimum Gasteiger partial charge on any atom is -0.462 e. The maximum Gasteiger partial charge on any atom is 0.343 e. The molecule has 0 saturated carbocycles. The lowest BCUT2D eigenvalue weighted by Gasteiger charge is -2.05. The first kappa shape index (κ1) is 15.0. The number of pyridine rings is 1. The molecule has 0 spiro atoms. The highest BCUT2D eigenvalue weighted by Gasteiger charge is 2.16. The average molecular weight is 280 g/mol. The predicted molar refractivity (Wildman–Crippen MR) is 69.1 cm³/mol. The number of rotatable bonds is 5. The average Bonchev–Trinajstić information content (AvgIpc) is 2.36. The van der Waals surface area contributed by atoms with Gasteiger partial charge < -0.3 is 9.72 Å². The first-order valence-corrected chi connectivity index (χ1v) is 6.45. The number of ether oxygens (including phenoxy) is 1. The SMILES string of the molecule is CCOC(=O)c1cc(C#N)c(SCC(C)=O)[nH]c1=O. The minimum atomic E-state index is -0.775. The number of ketones is 1. The van der Waals surface area contributed by atoms with E-state index in [1.54, 1.807) is 6.92 Å². The number of H-pyrrole nitrogens is 1. The molecule has 100 valence electrons. The number of thioether (sulfide) groups is 1. The zero-order valence-corrected chi connectivity index (χ0v) is 11.3. The molecule has 0 aromatic carbocycles. The first-order chi connectivity index (χ1) is 8.99. The number of esters is 1. The predicted octanol–water partition coefficient (Wildman–Crippen LogP) is 1.10. The first-order valence-electron chi connectivity index (χ1n) is 5.46. The van der Waals surface area contributed by atoms with Crippen molar-refractivity contribution >= 4 is 23.5 Å². The van der Waals surface area contributed by atoms with E-state index in [2.05, 4.69) is 4.98 Å². The van der Waals surface area contributed by atoms with Gasteiger partial charge in [-0.2, -0.15) is 5.26 Å². The molecule has 1 rings (SSSR count). The number of aromatic nitrogens is 1. The number of carbonyl (C=O) groups excluding carboxylic acids is 2. The molecule has 0 aliphatic heterocycles. The molecular weight excluding hydrogens is 268 g/mol. The highest BCUT2D eigenvalue weighted by Crippen LogP contribution is 2.19. The number of aromatic amines is 1. The lowest BCUT2D eigenvalue weighted by molar-refractivity contribution is -0.114. The minimum absolute atomic E-state index is 0.0794. The van der Waals surface area contributed by atoms with Crippen LogP contribution in [-0.2, 0) is 9.53 Å². The third-order valence-corrected chi connectivity index (χ3v) is 3.20. The fourth-order valence-electron chi connectivity index (χ4n) is 1.24. The van der Waals surface area contributed by atoms with Gasteiger partial charge in [-0.25, -0.2) is 4.79 Å². The summed E-state index contributed by atoms with van der Waals surface area (Å²) in [5.74, 6) is -0.712. The molecule has 6 nitrogen and oxygen atoms in total. The molecule has 0 unspecified atom stereocenters. The van der Waals surface area contributed by atoms with Crippen LogP contribution in [0.15, 0.2) is 15.9 Å². The van der Waals surface area contributed by atoms with Gasteiger partial charge in [-0.05, 0) is 19.9 Å². The van der Waals surface area contributed by atoms with E-state index >= 15 is 0 Å². The fourth-order valence-corrected chi connectivity index (χ4v) is 2.02. The van der Waals surface area contributed by atoms with Gasteiger partial charge in [0.15, 0.2) is 0 Å². The molecule has 1 aromatic heterocycles. The fraction of sp³-hybridized carbons (Fsp3) is 0.333. The van der Waals surface area contributed by atoms with E-state index in [1.165, 1.54) is 13.0 Å². The standard InChI is InChI=1S/C12H12N2O4S/c1-3-18-12(17)9-4-8(5-13)11(14-10(9)16)19-6-7(2)15/h4H,3,6H2,1-2H3,(H,14,16). The molecule has 0 atom stereocenters. The monoisotopic (exact) mass is 280 g/mol. The highest BCUT2D eigenvalue weighted by molar-refractivity contribution is 8.00. The number of Topliss-reactive ketones (excluding diaryl/α,β-unsaturated/α-hetero) is 1. The maximum absolute atomic E-state index is 11.7. The zero-order valence-electron chi connectivity index (χ0n) is 10.5. The second-order valence-corrected chi connectivity index (χ2v) is 4.56. The summed E-state index contributed by atoms with van der Waals surface area (Å²) in [7, 11) is 0. The molecule has 0 fully saturated rings. The quantitative estimate of drug-likeness (QED) is 0.640. The third-order valence-electron chi connectivity index (χ3n) is 2.04. The van der Waals surface area contributed by atoms with E-state index in [4.69, 9.17) is 10.00 Å². The topological polar surface area (TPSA) is 100 Å². The van der Waals surface area contributed by atoms with Crippen LogP contribution >= 0.6 is 11.8 Å². The molecule has 0 saturated heterocycles. The van der Waals surface area contributed by atoms with Crippen LogP contribution in [0.25, 0.3) is 0 Å². The van der Waals surface area contributed by atoms with Crippen molar-refractivity contribution in [3.05, 3.63) is 27.5 Å². The number of carbonyl (C=O) groups is 2. The summed E-state index contributed by atoms with van der Waals surface area (Å²) >= 11 is 1.05. The van der Waals surface area contributed by atoms with Crippen LogP contribution in [0.4, 0.5) is 0 Å². The Balaban J connectivity index is 3.15. The van der Waals surface area contributed by atoms with E-state index < -0.39 is 11.5 Å². The van der Waals surface area contributed by atoms with Crippen molar-refractivity contribution in [2.45, 2.75) is 18.9 Å². The Hall–Kier alpha value is -2.07. The zero-order chi connectivity index (χ0) is 14.4. The molecule has 0 aliphatic rings. The van der Waals surface area contributed by atoms with Crippen LogP contribution in [0.5, 0.6) is 0 Å². The van der Waals surface area contributed by atoms with Gasteiger partial charge in [0.1, 0.15) is 17.4 Å². The van der Waals surface area contributed by atoms with Crippen LogP contribution in [0.3, 0.4) is 0 Å². The van der Waals surface area contributed by atoms with Gasteiger partial charge in [-0.3, -0.25) is 9.59 Å². The van der Waals surface area contributed by atoms with E-state index in [-0.39, 0.29) is 34.3 Å². The van der Waals surface area contributed by atoms with Gasteiger partial charge in [0.25, 0.3) is 5.56 Å². The van der Waals surface area contributed by atoms with Gasteiger partial charge in [-0.15, -0.1) is 0 Å². The van der Waals surface area contributed by atoms with Crippen LogP contribution in [-0.4, -0.2) is 29.1 Å². The van der Waals surface area contributed by atoms with Crippen LogP contribution < -0.4 is 5.56 Å². The summed E-state index contributed by atoms with van der Waals surface area (Å²) in [5.41, 5.74) is -0.719. The van der Waals surface area contributed by atoms with Gasteiger partial charge >= 0.3 is 5.97 Å². The van der Waals surface area contributed by atoms with E-state index in [1.807, 2.05) is 6.07 Å². The Kier molecular flexibility index (Phi) is 5.33. The maximum atomic E-state index is 11.7. The van der Waals surface area contributed by atoms with Crippen molar-refractivity contribution < 1.29 is 14.3 Å². The summed E-state index contributed by atoms with van der Waals surface area (Å²) in [5, 5.41) is 9.26.